The average Bonchev–Trinajstić information content (AvgIpc) is 3.26. The number of ether oxygens (including phenoxy) is 1. The van der Waals surface area contributed by atoms with E-state index >= 15 is 0 Å². The molecule has 1 heterocycles. The van der Waals surface area contributed by atoms with Crippen LogP contribution in [-0.2, 0) is 6.54 Å². The van der Waals surface area contributed by atoms with Gasteiger partial charge in [0.1, 0.15) is 11.4 Å². The van der Waals surface area contributed by atoms with Gasteiger partial charge < -0.3 is 9.64 Å². The van der Waals surface area contributed by atoms with Crippen LogP contribution >= 0.6 is 23.3 Å². The van der Waals surface area contributed by atoms with Gasteiger partial charge in [-0.1, -0.05) is 24.1 Å². The normalized spacial score (nSPS) is 10.5. The van der Waals surface area contributed by atoms with Crippen molar-refractivity contribution in [2.24, 2.45) is 0 Å². The van der Waals surface area contributed by atoms with Crippen LogP contribution in [0.15, 0.2) is 48.5 Å². The lowest BCUT2D eigenvalue weighted by Crippen LogP contribution is -2.18. The van der Waals surface area contributed by atoms with E-state index in [1.54, 1.807) is 43.1 Å². The molecule has 1 aromatic heterocycles. The summed E-state index contributed by atoms with van der Waals surface area (Å²) in [5, 5.41) is 17.6. The van der Waals surface area contributed by atoms with Gasteiger partial charge in [0, 0.05) is 22.7 Å². The Morgan fingerprint density at radius 1 is 1.16 bits per heavy atom. The maximum absolute atomic E-state index is 12.3. The minimum Gasteiger partial charge on any atom is -0.406 e. The Kier molecular flexibility index (Phi) is 11.9. The highest BCUT2D eigenvalue weighted by molar-refractivity contribution is 7.97. The lowest BCUT2D eigenvalue weighted by atomic mass is 10.1. The molecule has 0 fully saturated rings. The van der Waals surface area contributed by atoms with Gasteiger partial charge in [-0.2, -0.15) is 10.5 Å². The Balaban J connectivity index is 0.000000521. The number of halogens is 3. The monoisotopic (exact) mass is 547 g/mol. The summed E-state index contributed by atoms with van der Waals surface area (Å²) in [4.78, 5) is 18.1. The number of hydrogen-bond acceptors (Lipinski definition) is 9. The molecule has 3 aromatic rings. The third-order valence-electron chi connectivity index (χ3n) is 4.65. The molecule has 0 spiro atoms. The van der Waals surface area contributed by atoms with E-state index in [-0.39, 0.29) is 5.75 Å². The molecule has 0 saturated heterocycles. The summed E-state index contributed by atoms with van der Waals surface area (Å²) >= 11 is 2.97. The fraction of sp³-hybridized carbons (Fsp3) is 0.280. The Labute approximate surface area is 221 Å². The molecule has 0 saturated carbocycles. The van der Waals surface area contributed by atoms with Crippen LogP contribution in [0.1, 0.15) is 39.3 Å². The molecule has 0 amide bonds. The number of nitrogens with zero attached hydrogens (tertiary/aromatic N) is 4. The number of benzene rings is 2. The van der Waals surface area contributed by atoms with E-state index in [0.717, 1.165) is 22.7 Å². The second-order valence-corrected chi connectivity index (χ2v) is 9.59. The standard InChI is InChI=1S/C20H14F3N3O2S.C5H10N2S/c1-13-18(12-27)25-19(29-13)26(16-6-2-14(10-24)3-7-16)11-15-4-8-17(9-5-15)28-20(21,22)23;1-7-8-5-3-2-4-6/h2-9,12H,11H2,1H3;7H,2-3,5H2,1H3. The van der Waals surface area contributed by atoms with Gasteiger partial charge >= 0.3 is 6.36 Å². The lowest BCUT2D eigenvalue weighted by Gasteiger charge is -2.22. The van der Waals surface area contributed by atoms with Gasteiger partial charge in [0.25, 0.3) is 0 Å². The summed E-state index contributed by atoms with van der Waals surface area (Å²) in [6.45, 7) is 2.08. The predicted octanol–water partition coefficient (Wildman–Crippen LogP) is 6.53. The van der Waals surface area contributed by atoms with E-state index in [4.69, 9.17) is 10.5 Å². The Morgan fingerprint density at radius 3 is 2.35 bits per heavy atom. The van der Waals surface area contributed by atoms with Crippen molar-refractivity contribution in [2.45, 2.75) is 32.7 Å². The first-order valence-corrected chi connectivity index (χ1v) is 12.7. The second kappa shape index (κ2) is 14.9. The third kappa shape index (κ3) is 10.1. The van der Waals surface area contributed by atoms with Crippen molar-refractivity contribution in [3.05, 3.63) is 70.2 Å². The summed E-state index contributed by atoms with van der Waals surface area (Å²) in [7, 11) is 1.89. The van der Waals surface area contributed by atoms with Crippen LogP contribution in [0.4, 0.5) is 24.0 Å². The molecule has 0 unspecified atom stereocenters. The Hall–Kier alpha value is -3.58. The highest BCUT2D eigenvalue weighted by Crippen LogP contribution is 2.33. The van der Waals surface area contributed by atoms with Crippen molar-refractivity contribution in [3.8, 4) is 17.9 Å². The van der Waals surface area contributed by atoms with E-state index < -0.39 is 6.36 Å². The number of aromatic nitrogens is 1. The van der Waals surface area contributed by atoms with Gasteiger partial charge in [-0.3, -0.25) is 9.52 Å². The first-order valence-electron chi connectivity index (χ1n) is 10.9. The molecule has 37 heavy (non-hydrogen) atoms. The number of aryl methyl sites for hydroxylation is 1. The molecular formula is C25H24F3N5O2S2. The van der Waals surface area contributed by atoms with Gasteiger partial charge in [0.2, 0.25) is 0 Å². The minimum atomic E-state index is -4.75. The number of thiazole rings is 1. The van der Waals surface area contributed by atoms with E-state index in [1.807, 2.05) is 18.0 Å². The Bertz CT molecular complexity index is 1220. The summed E-state index contributed by atoms with van der Waals surface area (Å²) in [6, 6.07) is 16.5. The molecule has 0 radical (unpaired) electrons. The molecule has 0 atom stereocenters. The van der Waals surface area contributed by atoms with E-state index in [9.17, 15) is 18.0 Å². The highest BCUT2D eigenvalue weighted by atomic mass is 32.2. The first kappa shape index (κ1) is 29.6. The van der Waals surface area contributed by atoms with Crippen molar-refractivity contribution in [1.82, 2.24) is 9.71 Å². The molecule has 0 bridgehead atoms. The molecular weight excluding hydrogens is 523 g/mol. The molecule has 194 valence electrons. The summed E-state index contributed by atoms with van der Waals surface area (Å²) in [5.41, 5.74) is 2.26. The van der Waals surface area contributed by atoms with Crippen LogP contribution in [0, 0.1) is 29.6 Å². The average molecular weight is 548 g/mol. The molecule has 12 heteroatoms. The van der Waals surface area contributed by atoms with Gasteiger partial charge in [-0.05, 0) is 62.4 Å². The zero-order valence-electron chi connectivity index (χ0n) is 20.1. The number of aldehydes is 1. The van der Waals surface area contributed by atoms with Crippen LogP contribution in [0.3, 0.4) is 0 Å². The molecule has 7 nitrogen and oxygen atoms in total. The van der Waals surface area contributed by atoms with Crippen LogP contribution in [0.25, 0.3) is 0 Å². The molecule has 0 aliphatic heterocycles. The Morgan fingerprint density at radius 2 is 1.84 bits per heavy atom. The number of carbonyl (C=O) groups excluding carboxylic acids is 1. The van der Waals surface area contributed by atoms with Gasteiger partial charge in [0.05, 0.1) is 24.2 Å². The van der Waals surface area contributed by atoms with Crippen LogP contribution in [-0.4, -0.2) is 30.4 Å². The van der Waals surface area contributed by atoms with Crippen LogP contribution in [0.2, 0.25) is 0 Å². The van der Waals surface area contributed by atoms with Crippen LogP contribution in [0.5, 0.6) is 5.75 Å². The number of rotatable bonds is 10. The quantitative estimate of drug-likeness (QED) is 0.174. The fourth-order valence-electron chi connectivity index (χ4n) is 2.91. The fourth-order valence-corrected chi connectivity index (χ4v) is 4.30. The molecule has 3 rings (SSSR count). The number of carbonyl (C=O) groups is 1. The maximum Gasteiger partial charge on any atom is 0.573 e. The SMILES string of the molecule is CNSCCCC#N.Cc1sc(N(Cc2ccc(OC(F)(F)F)cc2)c2ccc(C#N)cc2)nc1C=O. The van der Waals surface area contributed by atoms with E-state index in [2.05, 4.69) is 20.5 Å². The van der Waals surface area contributed by atoms with Gasteiger partial charge in [-0.15, -0.1) is 24.5 Å². The second-order valence-electron chi connectivity index (χ2n) is 7.31. The maximum atomic E-state index is 12.3. The van der Waals surface area contributed by atoms with Crippen molar-refractivity contribution in [1.29, 1.82) is 10.5 Å². The number of nitriles is 2. The number of anilines is 2. The van der Waals surface area contributed by atoms with Crippen molar-refractivity contribution >= 4 is 40.4 Å². The molecule has 1 N–H and O–H groups in total. The van der Waals surface area contributed by atoms with Gasteiger partial charge in [0.15, 0.2) is 11.4 Å². The number of alkyl halides is 3. The molecule has 0 aliphatic rings. The number of hydrogen-bond donors (Lipinski definition) is 1. The molecule has 2 aromatic carbocycles. The van der Waals surface area contributed by atoms with E-state index in [0.29, 0.717) is 41.2 Å². The predicted molar refractivity (Wildman–Crippen MR) is 139 cm³/mol. The highest BCUT2D eigenvalue weighted by Gasteiger charge is 2.31. The smallest absolute Gasteiger partial charge is 0.406 e. The molecule has 0 aliphatic carbocycles. The summed E-state index contributed by atoms with van der Waals surface area (Å²) in [6.07, 6.45) is -2.41. The van der Waals surface area contributed by atoms with Crippen molar-refractivity contribution < 1.29 is 22.7 Å². The van der Waals surface area contributed by atoms with E-state index in [1.165, 1.54) is 35.6 Å². The lowest BCUT2D eigenvalue weighted by molar-refractivity contribution is -0.274. The summed E-state index contributed by atoms with van der Waals surface area (Å²) in [5.74, 6) is 0.726. The van der Waals surface area contributed by atoms with Crippen molar-refractivity contribution in [3.63, 3.8) is 0 Å². The summed E-state index contributed by atoms with van der Waals surface area (Å²) < 4.78 is 43.9. The zero-order valence-corrected chi connectivity index (χ0v) is 21.7. The topological polar surface area (TPSA) is 102 Å². The minimum absolute atomic E-state index is 0.295. The number of nitrogens with one attached hydrogen (secondary N) is 1. The number of unbranched alkanes of at least 4 members (excludes halogenated alkanes) is 1. The van der Waals surface area contributed by atoms with Gasteiger partial charge in [-0.25, -0.2) is 4.98 Å². The zero-order chi connectivity index (χ0) is 27.3. The largest absolute Gasteiger partial charge is 0.573 e. The van der Waals surface area contributed by atoms with Crippen LogP contribution < -0.4 is 14.4 Å². The first-order chi connectivity index (χ1) is 17.7. The van der Waals surface area contributed by atoms with Crippen molar-refractivity contribution in [2.75, 3.05) is 17.7 Å². The third-order valence-corrected chi connectivity index (χ3v) is 6.44.